The number of thiophene rings is 1. The molecule has 6 rings (SSSR count). The molecule has 7 heteroatoms. The van der Waals surface area contributed by atoms with E-state index in [4.69, 9.17) is 0 Å². The summed E-state index contributed by atoms with van der Waals surface area (Å²) in [7, 11) is 0. The van der Waals surface area contributed by atoms with Crippen LogP contribution in [0.1, 0.15) is 37.7 Å². The van der Waals surface area contributed by atoms with Crippen molar-refractivity contribution in [3.63, 3.8) is 0 Å². The van der Waals surface area contributed by atoms with Crippen LogP contribution in [0.15, 0.2) is 77.5 Å². The average molecular weight is 515 g/mol. The minimum Gasteiger partial charge on any atom is -0.320 e. The van der Waals surface area contributed by atoms with Gasteiger partial charge in [0.15, 0.2) is 0 Å². The number of fused-ring (bicyclic) bond motifs is 2. The molecule has 2 atom stereocenters. The standard InChI is InChI=1S/C30H34N4O2S/c35-29(31(18-23-14-15-23)19-24-16-17-37-22-24)34-27-12-7-13-28(34)21-32(20-27)30(36)33(25-8-3-1-4-9-25)26-10-5-2-6-11-26/h1-6,8-11,16-17,22-23,27-28H,7,12-15,18-21H2/t27-,28+. The molecule has 37 heavy (non-hydrogen) atoms. The number of carbonyl (C=O) groups is 2. The number of carbonyl (C=O) groups excluding carboxylic acids is 2. The lowest BCUT2D eigenvalue weighted by atomic mass is 9.91. The van der Waals surface area contributed by atoms with Crippen LogP contribution in [-0.4, -0.2) is 58.5 Å². The van der Waals surface area contributed by atoms with Crippen LogP contribution >= 0.6 is 11.3 Å². The Morgan fingerprint density at radius 2 is 1.43 bits per heavy atom. The number of rotatable bonds is 6. The van der Waals surface area contributed by atoms with Gasteiger partial charge in [-0.1, -0.05) is 36.4 Å². The van der Waals surface area contributed by atoms with Gasteiger partial charge in [0.05, 0.1) is 23.5 Å². The maximum atomic E-state index is 14.0. The second-order valence-corrected chi connectivity index (χ2v) is 11.4. The number of anilines is 2. The van der Waals surface area contributed by atoms with Gasteiger partial charge in [-0.05, 0) is 84.7 Å². The van der Waals surface area contributed by atoms with Crippen molar-refractivity contribution < 1.29 is 9.59 Å². The molecule has 2 aliphatic heterocycles. The Bertz CT molecular complexity index is 1150. The highest BCUT2D eigenvalue weighted by Gasteiger charge is 2.44. The van der Waals surface area contributed by atoms with Gasteiger partial charge in [-0.15, -0.1) is 0 Å². The lowest BCUT2D eigenvalue weighted by molar-refractivity contribution is 0.0203. The largest absolute Gasteiger partial charge is 0.329 e. The smallest absolute Gasteiger partial charge is 0.320 e. The number of benzene rings is 2. The first kappa shape index (κ1) is 24.0. The maximum Gasteiger partial charge on any atom is 0.329 e. The van der Waals surface area contributed by atoms with Crippen molar-refractivity contribution >= 4 is 34.8 Å². The van der Waals surface area contributed by atoms with Crippen molar-refractivity contribution in [2.75, 3.05) is 24.5 Å². The van der Waals surface area contributed by atoms with Crippen molar-refractivity contribution in [2.24, 2.45) is 5.92 Å². The molecular weight excluding hydrogens is 480 g/mol. The molecule has 1 aliphatic carbocycles. The zero-order valence-corrected chi connectivity index (χ0v) is 21.9. The van der Waals surface area contributed by atoms with E-state index in [9.17, 15) is 9.59 Å². The number of urea groups is 2. The third-order valence-electron chi connectivity index (χ3n) is 7.83. The van der Waals surface area contributed by atoms with E-state index in [2.05, 4.69) is 26.6 Å². The quantitative estimate of drug-likeness (QED) is 0.373. The van der Waals surface area contributed by atoms with Crippen LogP contribution in [0.2, 0.25) is 0 Å². The molecule has 0 N–H and O–H groups in total. The molecule has 0 spiro atoms. The Hall–Kier alpha value is -3.32. The van der Waals surface area contributed by atoms with Gasteiger partial charge in [-0.2, -0.15) is 11.3 Å². The monoisotopic (exact) mass is 514 g/mol. The van der Waals surface area contributed by atoms with Gasteiger partial charge in [0.25, 0.3) is 0 Å². The molecule has 6 nitrogen and oxygen atoms in total. The highest BCUT2D eigenvalue weighted by atomic mass is 32.1. The van der Waals surface area contributed by atoms with E-state index in [1.807, 2.05) is 70.5 Å². The molecule has 0 unspecified atom stereocenters. The second-order valence-electron chi connectivity index (χ2n) is 10.6. The van der Waals surface area contributed by atoms with Crippen LogP contribution < -0.4 is 4.90 Å². The molecule has 3 heterocycles. The predicted molar refractivity (Wildman–Crippen MR) is 148 cm³/mol. The van der Waals surface area contributed by atoms with Crippen molar-refractivity contribution in [1.82, 2.24) is 14.7 Å². The first-order chi connectivity index (χ1) is 18.2. The Morgan fingerprint density at radius 3 is 1.97 bits per heavy atom. The molecule has 2 aromatic carbocycles. The minimum atomic E-state index is -0.0190. The van der Waals surface area contributed by atoms with E-state index in [0.717, 1.165) is 37.2 Å². The zero-order valence-electron chi connectivity index (χ0n) is 21.1. The van der Waals surface area contributed by atoms with Crippen LogP contribution in [0, 0.1) is 5.92 Å². The lowest BCUT2D eigenvalue weighted by Gasteiger charge is -2.51. The first-order valence-corrected chi connectivity index (χ1v) is 14.4. The molecule has 3 fully saturated rings. The van der Waals surface area contributed by atoms with Gasteiger partial charge < -0.3 is 14.7 Å². The number of likely N-dealkylation sites (tertiary alicyclic amines) is 1. The number of piperazine rings is 1. The summed E-state index contributed by atoms with van der Waals surface area (Å²) in [5.41, 5.74) is 2.92. The molecule has 1 aromatic heterocycles. The SMILES string of the molecule is O=C(N1C[C@H]2CCC[C@@H](C1)N2C(=O)N(Cc1ccsc1)CC1CC1)N(c1ccccc1)c1ccccc1. The third-order valence-corrected chi connectivity index (χ3v) is 8.57. The van der Waals surface area contributed by atoms with E-state index in [-0.39, 0.29) is 24.1 Å². The number of amides is 4. The van der Waals surface area contributed by atoms with Crippen LogP contribution in [0.3, 0.4) is 0 Å². The van der Waals surface area contributed by atoms with Crippen LogP contribution in [-0.2, 0) is 6.54 Å². The van der Waals surface area contributed by atoms with Crippen LogP contribution in [0.4, 0.5) is 21.0 Å². The minimum absolute atomic E-state index is 0.0190. The molecule has 3 aliphatic rings. The summed E-state index contributed by atoms with van der Waals surface area (Å²) in [6, 6.07) is 22.1. The van der Waals surface area contributed by atoms with Crippen molar-refractivity contribution in [3.05, 3.63) is 83.1 Å². The molecule has 0 radical (unpaired) electrons. The molecule has 192 valence electrons. The second kappa shape index (κ2) is 10.6. The van der Waals surface area contributed by atoms with Gasteiger partial charge in [0.2, 0.25) is 0 Å². The zero-order chi connectivity index (χ0) is 25.2. The first-order valence-electron chi connectivity index (χ1n) is 13.4. The summed E-state index contributed by atoms with van der Waals surface area (Å²) in [6.07, 6.45) is 5.43. The Balaban J connectivity index is 1.23. The molecule has 2 saturated heterocycles. The molecule has 2 bridgehead atoms. The number of nitrogens with zero attached hydrogens (tertiary/aromatic N) is 4. The van der Waals surface area contributed by atoms with E-state index < -0.39 is 0 Å². The van der Waals surface area contributed by atoms with Crippen molar-refractivity contribution in [1.29, 1.82) is 0 Å². The van der Waals surface area contributed by atoms with E-state index in [1.54, 1.807) is 11.3 Å². The van der Waals surface area contributed by atoms with Crippen molar-refractivity contribution in [2.45, 2.75) is 50.7 Å². The normalized spacial score (nSPS) is 21.0. The van der Waals surface area contributed by atoms with Crippen LogP contribution in [0.5, 0.6) is 0 Å². The van der Waals surface area contributed by atoms with Gasteiger partial charge in [-0.25, -0.2) is 9.59 Å². The Labute approximate surface area is 223 Å². The Kier molecular flexibility index (Phi) is 6.87. The fraction of sp³-hybridized carbons (Fsp3) is 0.400. The highest BCUT2D eigenvalue weighted by molar-refractivity contribution is 7.07. The maximum absolute atomic E-state index is 14.0. The number of hydrogen-bond acceptors (Lipinski definition) is 3. The molecule has 1 saturated carbocycles. The van der Waals surface area contributed by atoms with Gasteiger partial charge in [-0.3, -0.25) is 4.90 Å². The summed E-state index contributed by atoms with van der Waals surface area (Å²) < 4.78 is 0. The number of para-hydroxylation sites is 2. The van der Waals surface area contributed by atoms with Gasteiger partial charge in [0.1, 0.15) is 0 Å². The fourth-order valence-corrected chi connectivity index (χ4v) is 6.49. The van der Waals surface area contributed by atoms with E-state index >= 15 is 0 Å². The summed E-state index contributed by atoms with van der Waals surface area (Å²) in [5, 5.41) is 4.23. The summed E-state index contributed by atoms with van der Waals surface area (Å²) in [4.78, 5) is 36.0. The number of piperidine rings is 1. The summed E-state index contributed by atoms with van der Waals surface area (Å²) >= 11 is 1.68. The average Bonchev–Trinajstić information content (AvgIpc) is 3.60. The third kappa shape index (κ3) is 5.23. The topological polar surface area (TPSA) is 47.1 Å². The van der Waals surface area contributed by atoms with E-state index in [1.165, 1.54) is 18.4 Å². The van der Waals surface area contributed by atoms with Gasteiger partial charge >= 0.3 is 12.1 Å². The Morgan fingerprint density at radius 1 is 0.811 bits per heavy atom. The lowest BCUT2D eigenvalue weighted by Crippen LogP contribution is -2.66. The molecular formula is C30H34N4O2S. The highest BCUT2D eigenvalue weighted by Crippen LogP contribution is 2.35. The van der Waals surface area contributed by atoms with Gasteiger partial charge in [0, 0.05) is 26.2 Å². The van der Waals surface area contributed by atoms with E-state index in [0.29, 0.717) is 25.6 Å². The summed E-state index contributed by atoms with van der Waals surface area (Å²) in [6.45, 7) is 2.66. The fourth-order valence-electron chi connectivity index (χ4n) is 5.83. The molecule has 3 aromatic rings. The number of hydrogen-bond donors (Lipinski definition) is 0. The molecule has 4 amide bonds. The predicted octanol–water partition coefficient (Wildman–Crippen LogP) is 6.58. The van der Waals surface area contributed by atoms with Crippen LogP contribution in [0.25, 0.3) is 0 Å². The summed E-state index contributed by atoms with van der Waals surface area (Å²) in [5.74, 6) is 0.635. The van der Waals surface area contributed by atoms with Crippen molar-refractivity contribution in [3.8, 4) is 0 Å².